The van der Waals surface area contributed by atoms with Gasteiger partial charge >= 0.3 is 5.97 Å². The van der Waals surface area contributed by atoms with Crippen LogP contribution < -0.4 is 5.32 Å². The lowest BCUT2D eigenvalue weighted by Crippen LogP contribution is -2.45. The molecule has 0 aromatic rings. The van der Waals surface area contributed by atoms with E-state index in [9.17, 15) is 19.8 Å². The smallest absolute Gasteiger partial charge is 0.305 e. The maximum atomic E-state index is 12.4. The standard InChI is InChI=1S/C59H111NO5/c1-3-5-7-9-11-13-15-16-17-26-29-33-37-41-45-49-53-59(64)65-54-50-46-42-38-34-30-27-24-22-20-18-19-21-23-25-28-32-36-40-44-48-52-58(63)60-56(55-61)57(62)51-47-43-39-35-31-14-12-10-8-6-4-2/h13,15,17,19,21,26,56-57,61-62H,3-12,14,16,18,20,22-25,27-55H2,1-2H3,(H,60,63)/b15-13-,21-19-,26-17-. The van der Waals surface area contributed by atoms with Crippen molar-refractivity contribution in [2.24, 2.45) is 0 Å². The van der Waals surface area contributed by atoms with Gasteiger partial charge in [0, 0.05) is 12.8 Å². The van der Waals surface area contributed by atoms with Crippen molar-refractivity contribution in [1.82, 2.24) is 5.32 Å². The van der Waals surface area contributed by atoms with Crippen molar-refractivity contribution in [3.8, 4) is 0 Å². The number of carbonyl (C=O) groups excluding carboxylic acids is 2. The van der Waals surface area contributed by atoms with Crippen LogP contribution in [-0.2, 0) is 14.3 Å². The first-order valence-electron chi connectivity index (χ1n) is 28.7. The van der Waals surface area contributed by atoms with Gasteiger partial charge in [-0.15, -0.1) is 0 Å². The average molecular weight is 915 g/mol. The summed E-state index contributed by atoms with van der Waals surface area (Å²) in [6.45, 7) is 4.91. The van der Waals surface area contributed by atoms with E-state index in [1.54, 1.807) is 0 Å². The molecule has 0 fully saturated rings. The quantitative estimate of drug-likeness (QED) is 0.0321. The molecule has 0 aromatic heterocycles. The molecule has 1 amide bonds. The fraction of sp³-hybridized carbons (Fsp3) is 0.864. The Morgan fingerprint density at radius 2 is 0.769 bits per heavy atom. The van der Waals surface area contributed by atoms with Gasteiger partial charge in [-0.1, -0.05) is 243 Å². The van der Waals surface area contributed by atoms with Crippen LogP contribution in [0.5, 0.6) is 0 Å². The number of amides is 1. The van der Waals surface area contributed by atoms with E-state index in [2.05, 4.69) is 55.6 Å². The van der Waals surface area contributed by atoms with Crippen molar-refractivity contribution in [2.45, 2.75) is 315 Å². The minimum Gasteiger partial charge on any atom is -0.466 e. The molecule has 0 saturated carbocycles. The van der Waals surface area contributed by atoms with Crippen molar-refractivity contribution in [3.63, 3.8) is 0 Å². The Bertz CT molecular complexity index is 1060. The first-order valence-corrected chi connectivity index (χ1v) is 28.7. The van der Waals surface area contributed by atoms with Crippen LogP contribution >= 0.6 is 0 Å². The first-order chi connectivity index (χ1) is 32.0. The fourth-order valence-corrected chi connectivity index (χ4v) is 8.72. The molecule has 65 heavy (non-hydrogen) atoms. The SMILES string of the molecule is CCCCCC/C=C\C/C=C\CCCCCCCC(=O)OCCCCCCCCCCCC/C=C\CCCCCCCCCC(=O)NC(CO)C(O)CCCCCCCCCCCCC. The van der Waals surface area contributed by atoms with Gasteiger partial charge in [-0.3, -0.25) is 9.59 Å². The Morgan fingerprint density at radius 1 is 0.431 bits per heavy atom. The Labute approximate surface area is 404 Å². The predicted molar refractivity (Wildman–Crippen MR) is 283 cm³/mol. The minimum absolute atomic E-state index is 0.00556. The molecule has 6 heteroatoms. The van der Waals surface area contributed by atoms with E-state index >= 15 is 0 Å². The molecular weight excluding hydrogens is 803 g/mol. The topological polar surface area (TPSA) is 95.9 Å². The summed E-state index contributed by atoms with van der Waals surface area (Å²) in [6, 6.07) is -0.546. The lowest BCUT2D eigenvalue weighted by molar-refractivity contribution is -0.143. The van der Waals surface area contributed by atoms with Crippen LogP contribution in [0.4, 0.5) is 0 Å². The number of hydrogen-bond donors (Lipinski definition) is 3. The molecule has 0 radical (unpaired) electrons. The van der Waals surface area contributed by atoms with Crippen molar-refractivity contribution in [2.75, 3.05) is 13.2 Å². The van der Waals surface area contributed by atoms with E-state index < -0.39 is 12.1 Å². The van der Waals surface area contributed by atoms with E-state index in [4.69, 9.17) is 4.74 Å². The molecule has 0 aliphatic heterocycles. The monoisotopic (exact) mass is 914 g/mol. The van der Waals surface area contributed by atoms with Crippen molar-refractivity contribution in [1.29, 1.82) is 0 Å². The molecule has 2 unspecified atom stereocenters. The summed E-state index contributed by atoms with van der Waals surface area (Å²) in [5.74, 6) is -0.0497. The molecule has 3 N–H and O–H groups in total. The Kier molecular flexibility index (Phi) is 53.1. The number of aliphatic hydroxyl groups excluding tert-OH is 2. The number of nitrogens with one attached hydrogen (secondary N) is 1. The van der Waals surface area contributed by atoms with Gasteiger partial charge in [0.15, 0.2) is 0 Å². The zero-order valence-electron chi connectivity index (χ0n) is 43.5. The second-order valence-electron chi connectivity index (χ2n) is 19.6. The highest BCUT2D eigenvalue weighted by Crippen LogP contribution is 2.16. The largest absolute Gasteiger partial charge is 0.466 e. The zero-order chi connectivity index (χ0) is 47.2. The van der Waals surface area contributed by atoms with Gasteiger partial charge in [0.2, 0.25) is 5.91 Å². The molecule has 2 atom stereocenters. The molecule has 0 aliphatic carbocycles. The van der Waals surface area contributed by atoms with E-state index in [-0.39, 0.29) is 18.5 Å². The zero-order valence-corrected chi connectivity index (χ0v) is 43.5. The van der Waals surface area contributed by atoms with Gasteiger partial charge < -0.3 is 20.3 Å². The second-order valence-corrected chi connectivity index (χ2v) is 19.6. The molecule has 382 valence electrons. The molecule has 0 bridgehead atoms. The van der Waals surface area contributed by atoms with Gasteiger partial charge in [-0.25, -0.2) is 0 Å². The molecule has 0 saturated heterocycles. The third kappa shape index (κ3) is 51.3. The fourth-order valence-electron chi connectivity index (χ4n) is 8.72. The summed E-state index contributed by atoms with van der Waals surface area (Å²) in [5.41, 5.74) is 0. The highest BCUT2D eigenvalue weighted by molar-refractivity contribution is 5.76. The van der Waals surface area contributed by atoms with Crippen LogP contribution in [0.2, 0.25) is 0 Å². The normalized spacial score (nSPS) is 12.9. The van der Waals surface area contributed by atoms with Gasteiger partial charge in [-0.2, -0.15) is 0 Å². The molecule has 0 rings (SSSR count). The van der Waals surface area contributed by atoms with E-state index in [0.29, 0.717) is 25.9 Å². The van der Waals surface area contributed by atoms with Crippen molar-refractivity contribution < 1.29 is 24.5 Å². The molecule has 6 nitrogen and oxygen atoms in total. The first kappa shape index (κ1) is 63.1. The van der Waals surface area contributed by atoms with E-state index in [0.717, 1.165) is 51.4 Å². The summed E-state index contributed by atoms with van der Waals surface area (Å²) in [4.78, 5) is 24.5. The highest BCUT2D eigenvalue weighted by atomic mass is 16.5. The third-order valence-corrected chi connectivity index (χ3v) is 13.2. The summed E-state index contributed by atoms with van der Waals surface area (Å²) in [6.07, 6.45) is 67.1. The summed E-state index contributed by atoms with van der Waals surface area (Å²) >= 11 is 0. The lowest BCUT2D eigenvalue weighted by atomic mass is 10.0. The summed E-state index contributed by atoms with van der Waals surface area (Å²) in [5, 5.41) is 23.2. The molecule has 0 heterocycles. The highest BCUT2D eigenvalue weighted by Gasteiger charge is 2.20. The van der Waals surface area contributed by atoms with Crippen LogP contribution in [0.15, 0.2) is 36.5 Å². The van der Waals surface area contributed by atoms with Crippen LogP contribution in [-0.4, -0.2) is 47.4 Å². The van der Waals surface area contributed by atoms with Crippen LogP contribution in [0.1, 0.15) is 303 Å². The minimum atomic E-state index is -0.668. The Hall–Kier alpha value is -1.92. The molecule has 0 spiro atoms. The maximum absolute atomic E-state index is 12.4. The number of esters is 1. The van der Waals surface area contributed by atoms with Gasteiger partial charge in [0.25, 0.3) is 0 Å². The lowest BCUT2D eigenvalue weighted by Gasteiger charge is -2.22. The predicted octanol–water partition coefficient (Wildman–Crippen LogP) is 17.6. The Morgan fingerprint density at radius 3 is 1.20 bits per heavy atom. The maximum Gasteiger partial charge on any atom is 0.305 e. The van der Waals surface area contributed by atoms with E-state index in [1.165, 1.54) is 218 Å². The summed E-state index contributed by atoms with van der Waals surface area (Å²) in [7, 11) is 0. The number of hydrogen-bond acceptors (Lipinski definition) is 5. The van der Waals surface area contributed by atoms with Crippen molar-refractivity contribution in [3.05, 3.63) is 36.5 Å². The van der Waals surface area contributed by atoms with E-state index in [1.807, 2.05) is 0 Å². The van der Waals surface area contributed by atoms with Crippen molar-refractivity contribution >= 4 is 11.9 Å². The third-order valence-electron chi connectivity index (χ3n) is 13.2. The summed E-state index contributed by atoms with van der Waals surface area (Å²) < 4.78 is 5.47. The Balaban J connectivity index is 3.42. The number of allylic oxidation sites excluding steroid dienone is 6. The number of rotatable bonds is 53. The second kappa shape index (κ2) is 54.7. The average Bonchev–Trinajstić information content (AvgIpc) is 3.31. The van der Waals surface area contributed by atoms with Gasteiger partial charge in [-0.05, 0) is 83.5 Å². The number of carbonyl (C=O) groups is 2. The number of ether oxygens (including phenoxy) is 1. The molecule has 0 aromatic carbocycles. The van der Waals surface area contributed by atoms with Crippen LogP contribution in [0.3, 0.4) is 0 Å². The number of unbranched alkanes of at least 4 members (excludes halogenated alkanes) is 36. The van der Waals surface area contributed by atoms with Gasteiger partial charge in [0.05, 0.1) is 25.4 Å². The van der Waals surface area contributed by atoms with Crippen LogP contribution in [0, 0.1) is 0 Å². The molecule has 0 aliphatic rings. The van der Waals surface area contributed by atoms with Crippen LogP contribution in [0.25, 0.3) is 0 Å². The number of aliphatic hydroxyl groups is 2. The molecular formula is C59H111NO5. The van der Waals surface area contributed by atoms with Gasteiger partial charge in [0.1, 0.15) is 0 Å².